The van der Waals surface area contributed by atoms with Crippen LogP contribution in [0.1, 0.15) is 81.1 Å². The summed E-state index contributed by atoms with van der Waals surface area (Å²) in [4.78, 5) is 25.9. The number of benzene rings is 1. The third-order valence-corrected chi connectivity index (χ3v) is 6.42. The number of amides is 1. The molecular weight excluding hydrogens is 446 g/mol. The Morgan fingerprint density at radius 2 is 1.93 bits per heavy atom. The van der Waals surface area contributed by atoms with Gasteiger partial charge < -0.3 is 15.8 Å². The molecule has 0 spiro atoms. The number of anilines is 1. The monoisotopic (exact) mass is 481 g/mol. The zero-order valence-corrected chi connectivity index (χ0v) is 19.9. The van der Waals surface area contributed by atoms with Crippen LogP contribution >= 0.6 is 15.9 Å². The molecule has 2 rings (SSSR count). The van der Waals surface area contributed by atoms with E-state index in [0.29, 0.717) is 30.4 Å². The van der Waals surface area contributed by atoms with Crippen LogP contribution in [-0.2, 0) is 16.1 Å². The quantitative estimate of drug-likeness (QED) is 0.273. The molecule has 1 fully saturated rings. The van der Waals surface area contributed by atoms with Gasteiger partial charge in [0.1, 0.15) is 0 Å². The maximum absolute atomic E-state index is 12.6. The van der Waals surface area contributed by atoms with Gasteiger partial charge in [0, 0.05) is 36.1 Å². The van der Waals surface area contributed by atoms with Gasteiger partial charge in [0.05, 0.1) is 12.3 Å². The van der Waals surface area contributed by atoms with Crippen LogP contribution in [0.5, 0.6) is 0 Å². The van der Waals surface area contributed by atoms with E-state index in [1.165, 1.54) is 39.0 Å². The summed E-state index contributed by atoms with van der Waals surface area (Å²) in [5.41, 5.74) is 8.68. The van der Waals surface area contributed by atoms with Gasteiger partial charge in [0.15, 0.2) is 0 Å². The molecule has 0 saturated heterocycles. The number of nitrogens with two attached hydrogens (primary N) is 1. The fraction of sp³-hybridized carbons (Fsp3) is 0.652. The minimum Gasteiger partial charge on any atom is -0.466 e. The molecular formula is C23H36BrN3O3. The van der Waals surface area contributed by atoms with Gasteiger partial charge in [0.25, 0.3) is 5.91 Å². The predicted octanol–water partition coefficient (Wildman–Crippen LogP) is 4.65. The third-order valence-electron chi connectivity index (χ3n) is 5.76. The van der Waals surface area contributed by atoms with Crippen LogP contribution in [-0.4, -0.2) is 42.5 Å². The Labute approximate surface area is 189 Å². The number of ether oxygens (including phenoxy) is 1. The van der Waals surface area contributed by atoms with Gasteiger partial charge in [-0.05, 0) is 72.3 Å². The molecule has 1 amide bonds. The van der Waals surface area contributed by atoms with Crippen LogP contribution in [0.15, 0.2) is 16.6 Å². The van der Waals surface area contributed by atoms with E-state index >= 15 is 0 Å². The number of esters is 1. The second-order valence-corrected chi connectivity index (χ2v) is 8.90. The molecule has 1 aromatic rings. The van der Waals surface area contributed by atoms with Gasteiger partial charge in [0.2, 0.25) is 0 Å². The molecule has 0 bridgehead atoms. The highest BCUT2D eigenvalue weighted by Gasteiger charge is 2.21. The molecule has 0 aliphatic heterocycles. The molecule has 0 atom stereocenters. The van der Waals surface area contributed by atoms with Gasteiger partial charge in [-0.1, -0.05) is 26.2 Å². The van der Waals surface area contributed by atoms with E-state index in [9.17, 15) is 9.59 Å². The molecule has 1 aliphatic rings. The largest absolute Gasteiger partial charge is 0.466 e. The van der Waals surface area contributed by atoms with Gasteiger partial charge in [-0.15, -0.1) is 0 Å². The molecule has 0 unspecified atom stereocenters. The number of hydrogen-bond donors (Lipinski definition) is 2. The Balaban J connectivity index is 1.91. The summed E-state index contributed by atoms with van der Waals surface area (Å²) in [5.74, 6) is -0.337. The fourth-order valence-electron chi connectivity index (χ4n) is 4.02. The molecule has 0 aromatic heterocycles. The number of rotatable bonds is 11. The number of nitrogens with one attached hydrogen (secondary N) is 1. The molecule has 0 heterocycles. The van der Waals surface area contributed by atoms with Crippen LogP contribution in [0.4, 0.5) is 5.69 Å². The average Bonchev–Trinajstić information content (AvgIpc) is 2.74. The minimum atomic E-state index is -0.252. The highest BCUT2D eigenvalue weighted by molar-refractivity contribution is 9.10. The van der Waals surface area contributed by atoms with E-state index in [-0.39, 0.29) is 11.9 Å². The molecule has 6 nitrogen and oxygen atoms in total. The Hall–Kier alpha value is -1.60. The zero-order chi connectivity index (χ0) is 21.9. The van der Waals surface area contributed by atoms with E-state index in [2.05, 4.69) is 33.1 Å². The normalized spacial score (nSPS) is 14.7. The Morgan fingerprint density at radius 3 is 2.60 bits per heavy atom. The summed E-state index contributed by atoms with van der Waals surface area (Å²) in [6, 6.07) is 4.33. The highest BCUT2D eigenvalue weighted by Crippen LogP contribution is 2.29. The van der Waals surface area contributed by atoms with E-state index in [0.717, 1.165) is 42.4 Å². The van der Waals surface area contributed by atoms with Gasteiger partial charge >= 0.3 is 5.97 Å². The van der Waals surface area contributed by atoms with Crippen LogP contribution < -0.4 is 11.1 Å². The smallest absolute Gasteiger partial charge is 0.302 e. The lowest BCUT2D eigenvalue weighted by molar-refractivity contribution is -0.141. The third kappa shape index (κ3) is 7.91. The van der Waals surface area contributed by atoms with Crippen molar-refractivity contribution in [1.29, 1.82) is 0 Å². The molecule has 1 aliphatic carbocycles. The van der Waals surface area contributed by atoms with Crippen molar-refractivity contribution < 1.29 is 14.3 Å². The molecule has 7 heteroatoms. The lowest BCUT2D eigenvalue weighted by Crippen LogP contribution is -2.36. The fourth-order valence-corrected chi connectivity index (χ4v) is 4.53. The lowest BCUT2D eigenvalue weighted by atomic mass is 9.93. The van der Waals surface area contributed by atoms with Gasteiger partial charge in [-0.25, -0.2) is 0 Å². The Morgan fingerprint density at radius 1 is 1.20 bits per heavy atom. The first-order valence-electron chi connectivity index (χ1n) is 11.2. The van der Waals surface area contributed by atoms with E-state index in [1.807, 2.05) is 6.07 Å². The van der Waals surface area contributed by atoms with Crippen molar-refractivity contribution in [3.63, 3.8) is 0 Å². The molecule has 168 valence electrons. The number of hydrogen-bond acceptors (Lipinski definition) is 5. The SMILES string of the molecule is CCN(Cc1cc(C(=O)NCCCCCOC(C)=O)cc(Br)c1N)C1CCCCC1. The average molecular weight is 482 g/mol. The molecule has 0 radical (unpaired) electrons. The van der Waals surface area contributed by atoms with Crippen molar-refractivity contribution >= 4 is 33.5 Å². The second-order valence-electron chi connectivity index (χ2n) is 8.04. The number of unbranched alkanes of at least 4 members (excludes halogenated alkanes) is 2. The second kappa shape index (κ2) is 13.0. The van der Waals surface area contributed by atoms with E-state index in [4.69, 9.17) is 10.5 Å². The number of carbonyl (C=O) groups is 2. The van der Waals surface area contributed by atoms with E-state index < -0.39 is 0 Å². The standard InChI is InChI=1S/C23H36BrN3O3/c1-3-27(20-10-6-4-7-11-20)16-19-14-18(15-21(24)22(19)25)23(29)26-12-8-5-9-13-30-17(2)28/h14-15,20H,3-13,16,25H2,1-2H3,(H,26,29). The van der Waals surface area contributed by atoms with E-state index in [1.54, 1.807) is 6.07 Å². The first-order valence-corrected chi connectivity index (χ1v) is 11.9. The van der Waals surface area contributed by atoms with Gasteiger partial charge in [-0.3, -0.25) is 14.5 Å². The van der Waals surface area contributed by atoms with Crippen molar-refractivity contribution in [1.82, 2.24) is 10.2 Å². The van der Waals surface area contributed by atoms with Crippen molar-refractivity contribution in [2.75, 3.05) is 25.4 Å². The molecule has 1 aromatic carbocycles. The lowest BCUT2D eigenvalue weighted by Gasteiger charge is -2.34. The topological polar surface area (TPSA) is 84.7 Å². The Kier molecular flexibility index (Phi) is 10.6. The minimum absolute atomic E-state index is 0.0855. The van der Waals surface area contributed by atoms with Crippen LogP contribution in [0.3, 0.4) is 0 Å². The van der Waals surface area contributed by atoms with Crippen molar-refractivity contribution in [2.45, 2.75) is 77.8 Å². The summed E-state index contributed by atoms with van der Waals surface area (Å²) >= 11 is 3.53. The highest BCUT2D eigenvalue weighted by atomic mass is 79.9. The van der Waals surface area contributed by atoms with Crippen LogP contribution in [0.2, 0.25) is 0 Å². The number of carbonyl (C=O) groups excluding carboxylic acids is 2. The molecule has 1 saturated carbocycles. The predicted molar refractivity (Wildman–Crippen MR) is 124 cm³/mol. The zero-order valence-electron chi connectivity index (χ0n) is 18.3. The number of nitrogens with zero attached hydrogens (tertiary/aromatic N) is 1. The van der Waals surface area contributed by atoms with Crippen molar-refractivity contribution in [3.05, 3.63) is 27.7 Å². The summed E-state index contributed by atoms with van der Waals surface area (Å²) in [7, 11) is 0. The molecule has 30 heavy (non-hydrogen) atoms. The van der Waals surface area contributed by atoms with Crippen molar-refractivity contribution in [2.24, 2.45) is 0 Å². The summed E-state index contributed by atoms with van der Waals surface area (Å²) in [6.45, 7) is 6.38. The summed E-state index contributed by atoms with van der Waals surface area (Å²) in [6.07, 6.45) is 8.97. The Bertz CT molecular complexity index is 705. The maximum Gasteiger partial charge on any atom is 0.302 e. The first-order chi connectivity index (χ1) is 14.4. The number of nitrogen functional groups attached to an aromatic ring is 1. The van der Waals surface area contributed by atoms with Crippen LogP contribution in [0, 0.1) is 0 Å². The first kappa shape index (κ1) is 24.7. The van der Waals surface area contributed by atoms with Gasteiger partial charge in [-0.2, -0.15) is 0 Å². The van der Waals surface area contributed by atoms with Crippen molar-refractivity contribution in [3.8, 4) is 0 Å². The molecule has 3 N–H and O–H groups in total. The maximum atomic E-state index is 12.6. The summed E-state index contributed by atoms with van der Waals surface area (Å²) in [5, 5.41) is 2.98. The summed E-state index contributed by atoms with van der Waals surface area (Å²) < 4.78 is 5.68. The van der Waals surface area contributed by atoms with Crippen LogP contribution in [0.25, 0.3) is 0 Å². The number of halogens is 1.